The van der Waals surface area contributed by atoms with Gasteiger partial charge < -0.3 is 14.9 Å². The van der Waals surface area contributed by atoms with E-state index in [0.29, 0.717) is 11.7 Å². The van der Waals surface area contributed by atoms with Crippen LogP contribution in [-0.2, 0) is 16.1 Å². The standard InChI is InChI=1S/C14H21N3O4/c1-10-4-3-5-12(8-10)14(18)21-7-6-16-11(2)15-9-13(16)17(19)20/h9-10,12H,3-8H2,1-2H3/t10-,12-/m1/s1. The Morgan fingerprint density at radius 1 is 1.57 bits per heavy atom. The second-order valence-electron chi connectivity index (χ2n) is 5.71. The van der Waals surface area contributed by atoms with Crippen molar-refractivity contribution >= 4 is 11.8 Å². The van der Waals surface area contributed by atoms with Crippen molar-refractivity contribution in [1.82, 2.24) is 9.55 Å². The molecule has 0 bridgehead atoms. The van der Waals surface area contributed by atoms with Crippen LogP contribution in [0.5, 0.6) is 0 Å². The predicted octanol–water partition coefficient (Wildman–Crippen LogP) is 2.47. The van der Waals surface area contributed by atoms with Gasteiger partial charge in [-0.1, -0.05) is 19.8 Å². The number of imidazole rings is 1. The number of carbonyl (C=O) groups is 1. The average Bonchev–Trinajstić information content (AvgIpc) is 2.80. The predicted molar refractivity (Wildman–Crippen MR) is 75.7 cm³/mol. The molecule has 1 fully saturated rings. The number of rotatable bonds is 5. The zero-order valence-electron chi connectivity index (χ0n) is 12.4. The van der Waals surface area contributed by atoms with Gasteiger partial charge in [-0.05, 0) is 23.7 Å². The Morgan fingerprint density at radius 3 is 3.00 bits per heavy atom. The minimum absolute atomic E-state index is 0.0207. The molecule has 21 heavy (non-hydrogen) atoms. The van der Waals surface area contributed by atoms with Crippen molar-refractivity contribution in [2.24, 2.45) is 11.8 Å². The number of nitro groups is 1. The maximum atomic E-state index is 12.0. The van der Waals surface area contributed by atoms with Gasteiger partial charge in [-0.15, -0.1) is 0 Å². The van der Waals surface area contributed by atoms with E-state index >= 15 is 0 Å². The van der Waals surface area contributed by atoms with Gasteiger partial charge >= 0.3 is 11.8 Å². The van der Waals surface area contributed by atoms with E-state index in [9.17, 15) is 14.9 Å². The van der Waals surface area contributed by atoms with E-state index in [1.165, 1.54) is 17.2 Å². The molecule has 2 rings (SSSR count). The Balaban J connectivity index is 1.85. The summed E-state index contributed by atoms with van der Waals surface area (Å²) in [7, 11) is 0. The monoisotopic (exact) mass is 295 g/mol. The van der Waals surface area contributed by atoms with Gasteiger partial charge in [-0.25, -0.2) is 9.55 Å². The van der Waals surface area contributed by atoms with Crippen molar-refractivity contribution in [2.75, 3.05) is 6.61 Å². The van der Waals surface area contributed by atoms with Crippen molar-refractivity contribution in [1.29, 1.82) is 0 Å². The molecule has 7 heteroatoms. The SMILES string of the molecule is Cc1ncc([N+](=O)[O-])n1CCOC(=O)[C@@H]1CCC[C@@H](C)C1. The van der Waals surface area contributed by atoms with E-state index in [1.807, 2.05) is 0 Å². The third-order valence-corrected chi connectivity index (χ3v) is 4.05. The molecular weight excluding hydrogens is 274 g/mol. The molecule has 2 atom stereocenters. The van der Waals surface area contributed by atoms with Crippen LogP contribution in [0.1, 0.15) is 38.4 Å². The van der Waals surface area contributed by atoms with Crippen molar-refractivity contribution in [3.05, 3.63) is 22.1 Å². The molecule has 0 N–H and O–H groups in total. The maximum absolute atomic E-state index is 12.0. The number of hydrogen-bond acceptors (Lipinski definition) is 5. The molecule has 0 aliphatic heterocycles. The van der Waals surface area contributed by atoms with E-state index in [1.54, 1.807) is 6.92 Å². The minimum atomic E-state index is -0.482. The molecule has 1 aromatic rings. The minimum Gasteiger partial charge on any atom is -0.461 e. The van der Waals surface area contributed by atoms with Crippen molar-refractivity contribution in [3.63, 3.8) is 0 Å². The number of ether oxygens (including phenoxy) is 1. The first-order valence-corrected chi connectivity index (χ1v) is 7.32. The Labute approximate surface area is 123 Å². The fraction of sp³-hybridized carbons (Fsp3) is 0.714. The van der Waals surface area contributed by atoms with Gasteiger partial charge in [0.25, 0.3) is 0 Å². The van der Waals surface area contributed by atoms with E-state index in [0.717, 1.165) is 19.3 Å². The Bertz CT molecular complexity index is 526. The Kier molecular flexibility index (Phi) is 4.93. The molecule has 7 nitrogen and oxygen atoms in total. The summed E-state index contributed by atoms with van der Waals surface area (Å²) in [6.45, 7) is 4.24. The number of nitrogens with zero attached hydrogens (tertiary/aromatic N) is 3. The third-order valence-electron chi connectivity index (χ3n) is 4.05. The molecule has 0 aromatic carbocycles. The fourth-order valence-corrected chi connectivity index (χ4v) is 2.88. The number of hydrogen-bond donors (Lipinski definition) is 0. The van der Waals surface area contributed by atoms with Crippen molar-refractivity contribution < 1.29 is 14.5 Å². The zero-order valence-corrected chi connectivity index (χ0v) is 12.4. The lowest BCUT2D eigenvalue weighted by Gasteiger charge is -2.24. The first-order valence-electron chi connectivity index (χ1n) is 7.32. The molecule has 0 unspecified atom stereocenters. The molecule has 1 heterocycles. The van der Waals surface area contributed by atoms with Crippen LogP contribution in [0.4, 0.5) is 5.82 Å². The Morgan fingerprint density at radius 2 is 2.33 bits per heavy atom. The molecule has 116 valence electrons. The van der Waals surface area contributed by atoms with E-state index in [4.69, 9.17) is 4.74 Å². The van der Waals surface area contributed by atoms with Crippen LogP contribution in [-0.4, -0.2) is 27.1 Å². The molecule has 0 radical (unpaired) electrons. The summed E-state index contributed by atoms with van der Waals surface area (Å²) in [6.07, 6.45) is 5.22. The molecule has 1 saturated carbocycles. The Hall–Kier alpha value is -1.92. The average molecular weight is 295 g/mol. The molecule has 0 amide bonds. The first-order chi connectivity index (χ1) is 9.99. The van der Waals surface area contributed by atoms with Crippen LogP contribution in [0.25, 0.3) is 0 Å². The lowest BCUT2D eigenvalue weighted by Crippen LogP contribution is -2.25. The summed E-state index contributed by atoms with van der Waals surface area (Å²) in [4.78, 5) is 26.3. The van der Waals surface area contributed by atoms with Crippen LogP contribution in [0.2, 0.25) is 0 Å². The van der Waals surface area contributed by atoms with Gasteiger partial charge in [0, 0.05) is 6.92 Å². The number of esters is 1. The lowest BCUT2D eigenvalue weighted by molar-refractivity contribution is -0.392. The van der Waals surface area contributed by atoms with Crippen molar-refractivity contribution in [3.8, 4) is 0 Å². The van der Waals surface area contributed by atoms with Crippen LogP contribution in [0, 0.1) is 28.9 Å². The van der Waals surface area contributed by atoms with Crippen molar-refractivity contribution in [2.45, 2.75) is 46.1 Å². The third kappa shape index (κ3) is 3.80. The quantitative estimate of drug-likeness (QED) is 0.473. The number of aromatic nitrogens is 2. The van der Waals surface area contributed by atoms with Gasteiger partial charge in [0.05, 0.1) is 5.92 Å². The van der Waals surface area contributed by atoms with Gasteiger partial charge in [0.2, 0.25) is 0 Å². The molecular formula is C14H21N3O4. The number of carbonyl (C=O) groups excluding carboxylic acids is 1. The van der Waals surface area contributed by atoms with Crippen LogP contribution in [0.3, 0.4) is 0 Å². The van der Waals surface area contributed by atoms with Gasteiger partial charge in [0.15, 0.2) is 5.82 Å². The molecule has 0 spiro atoms. The summed E-state index contributed by atoms with van der Waals surface area (Å²) in [5, 5.41) is 10.9. The van der Waals surface area contributed by atoms with Crippen LogP contribution < -0.4 is 0 Å². The lowest BCUT2D eigenvalue weighted by atomic mass is 9.82. The number of aryl methyl sites for hydroxylation is 1. The fourth-order valence-electron chi connectivity index (χ4n) is 2.88. The largest absolute Gasteiger partial charge is 0.461 e. The second-order valence-corrected chi connectivity index (χ2v) is 5.71. The highest BCUT2D eigenvalue weighted by Crippen LogP contribution is 2.29. The summed E-state index contributed by atoms with van der Waals surface area (Å²) < 4.78 is 6.74. The highest BCUT2D eigenvalue weighted by atomic mass is 16.6. The van der Waals surface area contributed by atoms with Crippen LogP contribution >= 0.6 is 0 Å². The highest BCUT2D eigenvalue weighted by molar-refractivity contribution is 5.72. The summed E-state index contributed by atoms with van der Waals surface area (Å²) in [6, 6.07) is 0. The first kappa shape index (κ1) is 15.5. The zero-order chi connectivity index (χ0) is 15.4. The van der Waals surface area contributed by atoms with Gasteiger partial charge in [0.1, 0.15) is 19.3 Å². The van der Waals surface area contributed by atoms with Gasteiger partial charge in [-0.2, -0.15) is 0 Å². The van der Waals surface area contributed by atoms with E-state index in [-0.39, 0.29) is 30.9 Å². The topological polar surface area (TPSA) is 87.3 Å². The molecule has 0 saturated heterocycles. The summed E-state index contributed by atoms with van der Waals surface area (Å²) in [5.41, 5.74) is 0. The summed E-state index contributed by atoms with van der Waals surface area (Å²) >= 11 is 0. The van der Waals surface area contributed by atoms with Gasteiger partial charge in [-0.3, -0.25) is 4.79 Å². The summed E-state index contributed by atoms with van der Waals surface area (Å²) in [5.74, 6) is 0.835. The van der Waals surface area contributed by atoms with E-state index < -0.39 is 4.92 Å². The highest BCUT2D eigenvalue weighted by Gasteiger charge is 2.26. The van der Waals surface area contributed by atoms with E-state index in [2.05, 4.69) is 11.9 Å². The maximum Gasteiger partial charge on any atom is 0.342 e. The molecule has 1 aliphatic carbocycles. The van der Waals surface area contributed by atoms with Crippen LogP contribution in [0.15, 0.2) is 6.20 Å². The molecule has 1 aromatic heterocycles. The second kappa shape index (κ2) is 6.69. The smallest absolute Gasteiger partial charge is 0.342 e. The normalized spacial score (nSPS) is 22.0. The molecule has 1 aliphatic rings.